The number of amides is 1. The van der Waals surface area contributed by atoms with E-state index in [4.69, 9.17) is 9.47 Å². The Morgan fingerprint density at radius 1 is 1.17 bits per heavy atom. The van der Waals surface area contributed by atoms with E-state index < -0.39 is 54.7 Å². The third kappa shape index (κ3) is 6.21. The Bertz CT molecular complexity index is 793. The molecule has 1 aromatic rings. The van der Waals surface area contributed by atoms with Gasteiger partial charge in [0.1, 0.15) is 11.6 Å². The van der Waals surface area contributed by atoms with Crippen molar-refractivity contribution in [1.82, 2.24) is 4.90 Å². The van der Waals surface area contributed by atoms with E-state index in [1.54, 1.807) is 45.0 Å². The van der Waals surface area contributed by atoms with Crippen LogP contribution in [-0.4, -0.2) is 60.8 Å². The summed E-state index contributed by atoms with van der Waals surface area (Å²) in [5.74, 6) is -2.84. The van der Waals surface area contributed by atoms with Crippen LogP contribution in [0, 0.1) is 5.92 Å². The van der Waals surface area contributed by atoms with Gasteiger partial charge < -0.3 is 14.2 Å². The van der Waals surface area contributed by atoms with Gasteiger partial charge in [-0.25, -0.2) is 9.59 Å². The van der Waals surface area contributed by atoms with Gasteiger partial charge in [-0.1, -0.05) is 28.1 Å². The van der Waals surface area contributed by atoms with Crippen LogP contribution in [-0.2, 0) is 19.0 Å². The number of rotatable bonds is 6. The molecule has 1 heterocycles. The standard InChI is InChI=1S/C20H24BrF2NO6/c1-19(2,3)30-18(27)24-10-13(20(22,23)28-4)9-15(24)17(26)29-11-16(25)12-5-7-14(21)8-6-12/h5-8,13,15H,9-11H2,1-4H3. The molecule has 0 aromatic heterocycles. The summed E-state index contributed by atoms with van der Waals surface area (Å²) < 4.78 is 43.3. The van der Waals surface area contributed by atoms with E-state index in [2.05, 4.69) is 20.7 Å². The minimum absolute atomic E-state index is 0.324. The van der Waals surface area contributed by atoms with Crippen molar-refractivity contribution in [2.75, 3.05) is 20.3 Å². The lowest BCUT2D eigenvalue weighted by atomic mass is 10.0. The lowest BCUT2D eigenvalue weighted by Gasteiger charge is -2.27. The minimum Gasteiger partial charge on any atom is -0.456 e. The van der Waals surface area contributed by atoms with Crippen LogP contribution in [0.3, 0.4) is 0 Å². The van der Waals surface area contributed by atoms with Crippen molar-refractivity contribution in [3.8, 4) is 0 Å². The molecule has 1 fully saturated rings. The molecule has 1 aliphatic rings. The predicted molar refractivity (Wildman–Crippen MR) is 106 cm³/mol. The topological polar surface area (TPSA) is 82.1 Å². The van der Waals surface area contributed by atoms with E-state index in [0.29, 0.717) is 5.56 Å². The van der Waals surface area contributed by atoms with Crippen molar-refractivity contribution in [3.63, 3.8) is 0 Å². The van der Waals surface area contributed by atoms with Gasteiger partial charge in [-0.3, -0.25) is 9.69 Å². The predicted octanol–water partition coefficient (Wildman–Crippen LogP) is 4.04. The maximum absolute atomic E-state index is 14.0. The second-order valence-corrected chi connectivity index (χ2v) is 8.80. The van der Waals surface area contributed by atoms with Gasteiger partial charge in [-0.05, 0) is 39.3 Å². The van der Waals surface area contributed by atoms with Gasteiger partial charge >= 0.3 is 18.2 Å². The van der Waals surface area contributed by atoms with E-state index in [0.717, 1.165) is 16.5 Å². The summed E-state index contributed by atoms with van der Waals surface area (Å²) in [5, 5.41) is 0. The Morgan fingerprint density at radius 2 is 1.77 bits per heavy atom. The van der Waals surface area contributed by atoms with Crippen molar-refractivity contribution >= 4 is 33.8 Å². The maximum Gasteiger partial charge on any atom is 0.411 e. The van der Waals surface area contributed by atoms with Gasteiger partial charge in [0.25, 0.3) is 0 Å². The molecule has 2 rings (SSSR count). The molecule has 1 aliphatic heterocycles. The molecule has 0 radical (unpaired) electrons. The van der Waals surface area contributed by atoms with Crippen molar-refractivity contribution in [3.05, 3.63) is 34.3 Å². The Balaban J connectivity index is 2.11. The van der Waals surface area contributed by atoms with E-state index in [1.807, 2.05) is 0 Å². The number of methoxy groups -OCH3 is 1. The summed E-state index contributed by atoms with van der Waals surface area (Å²) in [6, 6.07) is 5.11. The monoisotopic (exact) mass is 491 g/mol. The number of ether oxygens (including phenoxy) is 3. The van der Waals surface area contributed by atoms with Crippen molar-refractivity contribution in [2.24, 2.45) is 5.92 Å². The first kappa shape index (κ1) is 24.2. The number of ketones is 1. The average molecular weight is 492 g/mol. The highest BCUT2D eigenvalue weighted by molar-refractivity contribution is 9.10. The normalized spacial score (nSPS) is 19.5. The van der Waals surface area contributed by atoms with E-state index in [-0.39, 0.29) is 6.42 Å². The maximum atomic E-state index is 14.0. The number of nitrogens with zero attached hydrogens (tertiary/aromatic N) is 1. The molecular formula is C20H24BrF2NO6. The van der Waals surface area contributed by atoms with Crippen molar-refractivity contribution in [1.29, 1.82) is 0 Å². The summed E-state index contributed by atoms with van der Waals surface area (Å²) in [5.41, 5.74) is -0.560. The Hall–Kier alpha value is -2.07. The third-order valence-electron chi connectivity index (χ3n) is 4.46. The van der Waals surface area contributed by atoms with Gasteiger partial charge in [0.05, 0.1) is 5.92 Å². The van der Waals surface area contributed by atoms with Crippen molar-refractivity contribution in [2.45, 2.75) is 44.9 Å². The van der Waals surface area contributed by atoms with E-state index >= 15 is 0 Å². The number of hydrogen-bond donors (Lipinski definition) is 0. The number of benzene rings is 1. The number of alkyl halides is 2. The van der Waals surface area contributed by atoms with Crippen LogP contribution in [0.15, 0.2) is 28.7 Å². The average Bonchev–Trinajstić information content (AvgIpc) is 3.11. The Morgan fingerprint density at radius 3 is 2.30 bits per heavy atom. The number of esters is 1. The highest BCUT2D eigenvalue weighted by Crippen LogP contribution is 2.37. The van der Waals surface area contributed by atoms with E-state index in [1.165, 1.54) is 0 Å². The molecule has 0 N–H and O–H groups in total. The van der Waals surface area contributed by atoms with Crippen LogP contribution in [0.4, 0.5) is 13.6 Å². The number of carbonyl (C=O) groups excluding carboxylic acids is 3. The summed E-state index contributed by atoms with van der Waals surface area (Å²) in [6.07, 6.45) is -4.84. The summed E-state index contributed by atoms with van der Waals surface area (Å²) in [7, 11) is 0.848. The lowest BCUT2D eigenvalue weighted by molar-refractivity contribution is -0.253. The summed E-state index contributed by atoms with van der Waals surface area (Å²) in [6.45, 7) is 3.83. The number of Topliss-reactive ketones (excluding diaryl/α,β-unsaturated/α-hetero) is 1. The molecule has 2 unspecified atom stereocenters. The molecule has 0 aliphatic carbocycles. The molecule has 1 aromatic carbocycles. The first-order chi connectivity index (χ1) is 13.8. The van der Waals surface area contributed by atoms with Gasteiger partial charge in [0.15, 0.2) is 12.4 Å². The molecule has 0 spiro atoms. The molecule has 7 nitrogen and oxygen atoms in total. The van der Waals surface area contributed by atoms with Gasteiger partial charge in [0.2, 0.25) is 0 Å². The van der Waals surface area contributed by atoms with Crippen LogP contribution < -0.4 is 0 Å². The first-order valence-corrected chi connectivity index (χ1v) is 10.0. The first-order valence-electron chi connectivity index (χ1n) is 9.22. The second kappa shape index (κ2) is 9.38. The SMILES string of the molecule is COC(F)(F)C1CC(C(=O)OCC(=O)c2ccc(Br)cc2)N(C(=O)OC(C)(C)C)C1. The van der Waals surface area contributed by atoms with Gasteiger partial charge in [-0.2, -0.15) is 8.78 Å². The lowest BCUT2D eigenvalue weighted by Crippen LogP contribution is -2.44. The quantitative estimate of drug-likeness (QED) is 0.441. The highest BCUT2D eigenvalue weighted by Gasteiger charge is 2.52. The fourth-order valence-electron chi connectivity index (χ4n) is 2.94. The fraction of sp³-hybridized carbons (Fsp3) is 0.550. The summed E-state index contributed by atoms with van der Waals surface area (Å²) >= 11 is 3.25. The highest BCUT2D eigenvalue weighted by atomic mass is 79.9. The van der Waals surface area contributed by atoms with Gasteiger partial charge in [0, 0.05) is 23.7 Å². The number of carbonyl (C=O) groups is 3. The molecule has 0 saturated carbocycles. The molecule has 30 heavy (non-hydrogen) atoms. The molecule has 2 atom stereocenters. The zero-order valence-electron chi connectivity index (χ0n) is 17.1. The zero-order chi connectivity index (χ0) is 22.7. The zero-order valence-corrected chi connectivity index (χ0v) is 18.7. The third-order valence-corrected chi connectivity index (χ3v) is 4.99. The molecule has 1 amide bonds. The van der Waals surface area contributed by atoms with Crippen LogP contribution in [0.1, 0.15) is 37.6 Å². The van der Waals surface area contributed by atoms with Crippen molar-refractivity contribution < 1.29 is 37.4 Å². The molecular weight excluding hydrogens is 468 g/mol. The molecule has 166 valence electrons. The Labute approximate surface area is 181 Å². The minimum atomic E-state index is -3.54. The molecule has 10 heteroatoms. The fourth-order valence-corrected chi connectivity index (χ4v) is 3.21. The van der Waals surface area contributed by atoms with Crippen LogP contribution >= 0.6 is 15.9 Å². The molecule has 0 bridgehead atoms. The van der Waals surface area contributed by atoms with E-state index in [9.17, 15) is 23.2 Å². The number of hydrogen-bond acceptors (Lipinski definition) is 6. The van der Waals surface area contributed by atoms with Crippen LogP contribution in [0.2, 0.25) is 0 Å². The second-order valence-electron chi connectivity index (χ2n) is 7.88. The smallest absolute Gasteiger partial charge is 0.411 e. The number of halogens is 3. The van der Waals surface area contributed by atoms with Crippen LogP contribution in [0.25, 0.3) is 0 Å². The molecule has 1 saturated heterocycles. The largest absolute Gasteiger partial charge is 0.456 e. The van der Waals surface area contributed by atoms with Crippen LogP contribution in [0.5, 0.6) is 0 Å². The number of likely N-dealkylation sites (tertiary alicyclic amines) is 1. The Kier molecular flexibility index (Phi) is 7.57. The van der Waals surface area contributed by atoms with Gasteiger partial charge in [-0.15, -0.1) is 0 Å². The summed E-state index contributed by atoms with van der Waals surface area (Å²) in [4.78, 5) is 38.1.